The van der Waals surface area contributed by atoms with Crippen LogP contribution in [0.2, 0.25) is 0 Å². The van der Waals surface area contributed by atoms with Gasteiger partial charge < -0.3 is 19.9 Å². The van der Waals surface area contributed by atoms with E-state index < -0.39 is 30.0 Å². The first-order valence-corrected chi connectivity index (χ1v) is 6.61. The molecule has 1 saturated heterocycles. The Morgan fingerprint density at radius 3 is 2.62 bits per heavy atom. The van der Waals surface area contributed by atoms with Gasteiger partial charge in [-0.1, -0.05) is 18.2 Å². The van der Waals surface area contributed by atoms with Crippen molar-refractivity contribution in [3.05, 3.63) is 36.4 Å². The molecule has 21 heavy (non-hydrogen) atoms. The van der Waals surface area contributed by atoms with Crippen molar-refractivity contribution in [3.8, 4) is 5.75 Å². The Bertz CT molecular complexity index is 612. The Morgan fingerprint density at radius 1 is 1.24 bits per heavy atom. The number of anilines is 1. The highest BCUT2D eigenvalue weighted by atomic mass is 16.5. The minimum atomic E-state index is -1.02. The zero-order valence-corrected chi connectivity index (χ0v) is 11.4. The number of carbonyl (C=O) groups is 2. The lowest BCUT2D eigenvalue weighted by molar-refractivity contribution is -0.145. The number of carboxylic acid groups (broad SMARTS) is 1. The zero-order valence-electron chi connectivity index (χ0n) is 11.4. The van der Waals surface area contributed by atoms with Gasteiger partial charge in [-0.05, 0) is 12.1 Å². The number of nitrogens with one attached hydrogen (secondary N) is 1. The first-order chi connectivity index (χ1) is 10.1. The lowest BCUT2D eigenvalue weighted by Gasteiger charge is -2.21. The number of carboxylic acids is 1. The van der Waals surface area contributed by atoms with Gasteiger partial charge >= 0.3 is 5.97 Å². The van der Waals surface area contributed by atoms with Crippen molar-refractivity contribution in [2.45, 2.75) is 12.2 Å². The number of methoxy groups -OCH3 is 1. The Kier molecular flexibility index (Phi) is 3.39. The van der Waals surface area contributed by atoms with Crippen molar-refractivity contribution >= 4 is 17.6 Å². The number of fused-ring (bicyclic) bond motifs is 2. The monoisotopic (exact) mass is 289 g/mol. The first-order valence-electron chi connectivity index (χ1n) is 6.61. The molecule has 1 amide bonds. The molecule has 2 N–H and O–H groups in total. The van der Waals surface area contributed by atoms with Crippen LogP contribution in [0.1, 0.15) is 0 Å². The SMILES string of the molecule is COc1cccc(NC(=O)[C@H]2[C@@H](C(=O)O)[C@H]3C=C[C@@H]2O3)c1. The average molecular weight is 289 g/mol. The van der Waals surface area contributed by atoms with Gasteiger partial charge in [-0.25, -0.2) is 0 Å². The maximum Gasteiger partial charge on any atom is 0.310 e. The molecule has 2 heterocycles. The molecule has 2 aliphatic heterocycles. The molecule has 6 nitrogen and oxygen atoms in total. The quantitative estimate of drug-likeness (QED) is 0.816. The van der Waals surface area contributed by atoms with Gasteiger partial charge in [0.25, 0.3) is 0 Å². The van der Waals surface area contributed by atoms with E-state index in [9.17, 15) is 14.7 Å². The van der Waals surface area contributed by atoms with Crippen LogP contribution in [0.5, 0.6) is 5.75 Å². The normalized spacial score (nSPS) is 29.4. The summed E-state index contributed by atoms with van der Waals surface area (Å²) in [4.78, 5) is 23.7. The zero-order chi connectivity index (χ0) is 15.0. The van der Waals surface area contributed by atoms with Gasteiger partial charge in [0, 0.05) is 11.8 Å². The van der Waals surface area contributed by atoms with Gasteiger partial charge in [0.15, 0.2) is 0 Å². The number of benzene rings is 1. The molecule has 0 aromatic heterocycles. The third kappa shape index (κ3) is 2.38. The van der Waals surface area contributed by atoms with Crippen molar-refractivity contribution in [1.29, 1.82) is 0 Å². The van der Waals surface area contributed by atoms with Crippen molar-refractivity contribution < 1.29 is 24.2 Å². The molecule has 0 saturated carbocycles. The Hall–Kier alpha value is -2.34. The molecule has 0 radical (unpaired) electrons. The molecule has 0 spiro atoms. The fourth-order valence-electron chi connectivity index (χ4n) is 2.84. The number of hydrogen-bond donors (Lipinski definition) is 2. The number of amides is 1. The molecule has 0 aliphatic carbocycles. The molecule has 3 rings (SSSR count). The highest BCUT2D eigenvalue weighted by Crippen LogP contribution is 2.39. The summed E-state index contributed by atoms with van der Waals surface area (Å²) >= 11 is 0. The predicted octanol–water partition coefficient (Wildman–Crippen LogP) is 1.29. The molecule has 2 bridgehead atoms. The molecule has 1 aromatic rings. The third-order valence-electron chi connectivity index (χ3n) is 3.82. The van der Waals surface area contributed by atoms with Crippen LogP contribution in [0.3, 0.4) is 0 Å². The second-order valence-corrected chi connectivity index (χ2v) is 5.06. The molecule has 0 unspecified atom stereocenters. The summed E-state index contributed by atoms with van der Waals surface area (Å²) in [5.41, 5.74) is 0.565. The highest BCUT2D eigenvalue weighted by Gasteiger charge is 2.53. The standard InChI is InChI=1S/C15H15NO5/c1-20-9-4-2-3-8(7-9)16-14(17)12-10-5-6-11(21-10)13(12)15(18)19/h2-7,10-13H,1H3,(H,16,17)(H,18,19)/t10-,11+,12+,13-/m0/s1. The number of rotatable bonds is 4. The van der Waals surface area contributed by atoms with E-state index >= 15 is 0 Å². The van der Waals surface area contributed by atoms with E-state index in [2.05, 4.69) is 5.32 Å². The lowest BCUT2D eigenvalue weighted by Crippen LogP contribution is -2.39. The molecular weight excluding hydrogens is 274 g/mol. The van der Waals surface area contributed by atoms with Crippen LogP contribution in [0.4, 0.5) is 5.69 Å². The van der Waals surface area contributed by atoms with Gasteiger partial charge in [0.1, 0.15) is 11.7 Å². The van der Waals surface area contributed by atoms with E-state index in [1.165, 1.54) is 7.11 Å². The van der Waals surface area contributed by atoms with Crippen LogP contribution >= 0.6 is 0 Å². The lowest BCUT2D eigenvalue weighted by atomic mass is 9.82. The van der Waals surface area contributed by atoms with Crippen molar-refractivity contribution in [2.24, 2.45) is 11.8 Å². The van der Waals surface area contributed by atoms with E-state index in [1.807, 2.05) is 0 Å². The van der Waals surface area contributed by atoms with E-state index in [-0.39, 0.29) is 5.91 Å². The predicted molar refractivity (Wildman–Crippen MR) is 74.0 cm³/mol. The van der Waals surface area contributed by atoms with E-state index in [1.54, 1.807) is 36.4 Å². The smallest absolute Gasteiger partial charge is 0.310 e. The number of hydrogen-bond acceptors (Lipinski definition) is 4. The van der Waals surface area contributed by atoms with Crippen LogP contribution in [-0.2, 0) is 14.3 Å². The van der Waals surface area contributed by atoms with Crippen LogP contribution < -0.4 is 10.1 Å². The Balaban J connectivity index is 1.78. The molecular formula is C15H15NO5. The number of carbonyl (C=O) groups excluding carboxylic acids is 1. The molecule has 110 valence electrons. The number of aliphatic carboxylic acids is 1. The van der Waals surface area contributed by atoms with Crippen LogP contribution in [-0.4, -0.2) is 36.3 Å². The average Bonchev–Trinajstić information content (AvgIpc) is 3.07. The van der Waals surface area contributed by atoms with Crippen LogP contribution in [0.25, 0.3) is 0 Å². The van der Waals surface area contributed by atoms with Gasteiger partial charge in [0.05, 0.1) is 25.2 Å². The third-order valence-corrected chi connectivity index (χ3v) is 3.82. The largest absolute Gasteiger partial charge is 0.497 e. The summed E-state index contributed by atoms with van der Waals surface area (Å²) in [7, 11) is 1.54. The Labute approximate surface area is 121 Å². The summed E-state index contributed by atoms with van der Waals surface area (Å²) in [6.07, 6.45) is 2.47. The van der Waals surface area contributed by atoms with Crippen LogP contribution in [0.15, 0.2) is 36.4 Å². The first kappa shape index (κ1) is 13.6. The van der Waals surface area contributed by atoms with Gasteiger partial charge in [-0.15, -0.1) is 0 Å². The molecule has 1 fully saturated rings. The van der Waals surface area contributed by atoms with E-state index in [0.29, 0.717) is 11.4 Å². The summed E-state index contributed by atoms with van der Waals surface area (Å²) < 4.78 is 10.6. The molecule has 2 aliphatic rings. The van der Waals surface area contributed by atoms with Crippen molar-refractivity contribution in [2.75, 3.05) is 12.4 Å². The highest BCUT2D eigenvalue weighted by molar-refractivity contribution is 5.96. The maximum atomic E-state index is 12.4. The fraction of sp³-hybridized carbons (Fsp3) is 0.333. The molecule has 6 heteroatoms. The summed E-state index contributed by atoms with van der Waals surface area (Å²) in [6.45, 7) is 0. The van der Waals surface area contributed by atoms with Crippen LogP contribution in [0, 0.1) is 11.8 Å². The van der Waals surface area contributed by atoms with Gasteiger partial charge in [0.2, 0.25) is 5.91 Å². The second kappa shape index (κ2) is 5.21. The topological polar surface area (TPSA) is 84.9 Å². The molecule has 4 atom stereocenters. The van der Waals surface area contributed by atoms with Gasteiger partial charge in [-0.3, -0.25) is 9.59 Å². The summed E-state index contributed by atoms with van der Waals surface area (Å²) in [5.74, 6) is -2.31. The van der Waals surface area contributed by atoms with Gasteiger partial charge in [-0.2, -0.15) is 0 Å². The summed E-state index contributed by atoms with van der Waals surface area (Å²) in [6, 6.07) is 6.91. The van der Waals surface area contributed by atoms with Crippen molar-refractivity contribution in [1.82, 2.24) is 0 Å². The molecule has 1 aromatic carbocycles. The Morgan fingerprint density at radius 2 is 1.95 bits per heavy atom. The maximum absolute atomic E-state index is 12.4. The summed E-state index contributed by atoms with van der Waals surface area (Å²) in [5, 5.41) is 12.0. The minimum absolute atomic E-state index is 0.354. The fourth-order valence-corrected chi connectivity index (χ4v) is 2.84. The van der Waals surface area contributed by atoms with Crippen molar-refractivity contribution in [3.63, 3.8) is 0 Å². The van der Waals surface area contributed by atoms with E-state index in [4.69, 9.17) is 9.47 Å². The van der Waals surface area contributed by atoms with E-state index in [0.717, 1.165) is 0 Å². The number of ether oxygens (including phenoxy) is 2. The second-order valence-electron chi connectivity index (χ2n) is 5.06. The minimum Gasteiger partial charge on any atom is -0.497 e.